The number of aromatic nitrogens is 1. The fraction of sp³-hybridized carbons (Fsp3) is 0.0588. The molecule has 0 saturated heterocycles. The molecule has 6 heteroatoms. The molecule has 0 radical (unpaired) electrons. The van der Waals surface area contributed by atoms with Crippen LogP contribution in [0.4, 0.5) is 0 Å². The van der Waals surface area contributed by atoms with Crippen LogP contribution in [-0.4, -0.2) is 17.4 Å². The van der Waals surface area contributed by atoms with E-state index < -0.39 is 0 Å². The second-order valence-corrected chi connectivity index (χ2v) is 6.71. The smallest absolute Gasteiger partial charge is 0.206 e. The Labute approximate surface area is 147 Å². The van der Waals surface area contributed by atoms with Gasteiger partial charge in [-0.2, -0.15) is 16.4 Å². The Bertz CT molecular complexity index is 871. The van der Waals surface area contributed by atoms with Gasteiger partial charge in [-0.1, -0.05) is 29.8 Å². The molecule has 23 heavy (non-hydrogen) atoms. The molecule has 116 valence electrons. The van der Waals surface area contributed by atoms with Gasteiger partial charge < -0.3 is 0 Å². The van der Waals surface area contributed by atoms with Crippen molar-refractivity contribution in [2.45, 2.75) is 0 Å². The summed E-state index contributed by atoms with van der Waals surface area (Å²) in [5.41, 5.74) is 3.11. The summed E-state index contributed by atoms with van der Waals surface area (Å²) in [7, 11) is 0. The van der Waals surface area contributed by atoms with E-state index in [0.717, 1.165) is 21.6 Å². The normalized spacial score (nSPS) is 12.1. The Morgan fingerprint density at radius 3 is 2.70 bits per heavy atom. The van der Waals surface area contributed by atoms with Crippen molar-refractivity contribution in [3.05, 3.63) is 74.5 Å². The van der Waals surface area contributed by atoms with Gasteiger partial charge in [0, 0.05) is 21.5 Å². The fourth-order valence-corrected chi connectivity index (χ4v) is 3.54. The first-order valence-corrected chi connectivity index (χ1v) is 9.12. The third kappa shape index (κ3) is 3.88. The highest BCUT2D eigenvalue weighted by molar-refractivity contribution is 7.08. The van der Waals surface area contributed by atoms with Crippen LogP contribution in [0.25, 0.3) is 11.3 Å². The van der Waals surface area contributed by atoms with Crippen LogP contribution in [0.3, 0.4) is 0 Å². The first-order chi connectivity index (χ1) is 11.3. The number of nitrogens with zero attached hydrogens (tertiary/aromatic N) is 3. The van der Waals surface area contributed by atoms with Gasteiger partial charge in [0.1, 0.15) is 0 Å². The van der Waals surface area contributed by atoms with Crippen LogP contribution in [0.1, 0.15) is 5.56 Å². The van der Waals surface area contributed by atoms with Crippen molar-refractivity contribution < 1.29 is 0 Å². The molecule has 0 N–H and O–H groups in total. The maximum absolute atomic E-state index is 5.98. The lowest BCUT2D eigenvalue weighted by Crippen LogP contribution is -2.12. The molecule has 2 aromatic heterocycles. The molecule has 3 nitrogen and oxygen atoms in total. The number of hydrogen-bond donors (Lipinski definition) is 0. The molecule has 3 aromatic rings. The second-order valence-electron chi connectivity index (χ2n) is 4.65. The van der Waals surface area contributed by atoms with Crippen molar-refractivity contribution >= 4 is 40.5 Å². The molecule has 1 aromatic carbocycles. The maximum Gasteiger partial charge on any atom is 0.206 e. The molecular weight excluding hydrogens is 346 g/mol. The summed E-state index contributed by atoms with van der Waals surface area (Å²) >= 11 is 9.18. The Morgan fingerprint density at radius 2 is 2.00 bits per heavy atom. The SMILES string of the molecule is C=CCN=c1scc(-c2ccc(Cl)cc2)n1N=Cc1ccsc1. The molecule has 0 aliphatic carbocycles. The molecule has 0 bridgehead atoms. The summed E-state index contributed by atoms with van der Waals surface area (Å²) in [6, 6.07) is 9.75. The van der Waals surface area contributed by atoms with Gasteiger partial charge in [-0.25, -0.2) is 4.68 Å². The number of halogens is 1. The minimum Gasteiger partial charge on any atom is -0.253 e. The Hall–Kier alpha value is -1.95. The fourth-order valence-electron chi connectivity index (χ4n) is 1.95. The Morgan fingerprint density at radius 1 is 1.17 bits per heavy atom. The second kappa shape index (κ2) is 7.55. The zero-order valence-electron chi connectivity index (χ0n) is 12.2. The van der Waals surface area contributed by atoms with E-state index in [9.17, 15) is 0 Å². The average molecular weight is 360 g/mol. The third-order valence-electron chi connectivity index (χ3n) is 3.05. The lowest BCUT2D eigenvalue weighted by atomic mass is 10.2. The molecule has 3 rings (SSSR count). The van der Waals surface area contributed by atoms with Crippen molar-refractivity contribution in [1.29, 1.82) is 0 Å². The van der Waals surface area contributed by atoms with E-state index in [4.69, 9.17) is 11.6 Å². The molecule has 0 aliphatic heterocycles. The van der Waals surface area contributed by atoms with Crippen LogP contribution >= 0.6 is 34.3 Å². The van der Waals surface area contributed by atoms with Crippen LogP contribution in [0, 0.1) is 0 Å². The molecule has 0 atom stereocenters. The summed E-state index contributed by atoms with van der Waals surface area (Å²) in [6.07, 6.45) is 3.62. The van der Waals surface area contributed by atoms with E-state index in [1.165, 1.54) is 0 Å². The highest BCUT2D eigenvalue weighted by Crippen LogP contribution is 2.22. The van der Waals surface area contributed by atoms with Gasteiger partial charge in [0.05, 0.1) is 18.5 Å². The molecule has 2 heterocycles. The third-order valence-corrected chi connectivity index (χ3v) is 4.85. The van der Waals surface area contributed by atoms with E-state index in [0.29, 0.717) is 11.6 Å². The number of thiophene rings is 1. The molecule has 0 saturated carbocycles. The topological polar surface area (TPSA) is 29.6 Å². The zero-order chi connectivity index (χ0) is 16.1. The van der Waals surface area contributed by atoms with Crippen molar-refractivity contribution in [3.8, 4) is 11.3 Å². The summed E-state index contributed by atoms with van der Waals surface area (Å²) in [5.74, 6) is 0. The van der Waals surface area contributed by atoms with Crippen LogP contribution in [0.5, 0.6) is 0 Å². The van der Waals surface area contributed by atoms with Crippen LogP contribution in [0.15, 0.2) is 69.2 Å². The first kappa shape index (κ1) is 15.9. The minimum atomic E-state index is 0.564. The Kier molecular flexibility index (Phi) is 5.23. The largest absolute Gasteiger partial charge is 0.253 e. The number of hydrogen-bond acceptors (Lipinski definition) is 4. The van der Waals surface area contributed by atoms with Crippen LogP contribution in [-0.2, 0) is 0 Å². The van der Waals surface area contributed by atoms with Crippen molar-refractivity contribution in [1.82, 2.24) is 4.68 Å². The molecule has 0 aliphatic rings. The van der Waals surface area contributed by atoms with Crippen molar-refractivity contribution in [2.75, 3.05) is 6.54 Å². The van der Waals surface area contributed by atoms with Crippen molar-refractivity contribution in [3.63, 3.8) is 0 Å². The quantitative estimate of drug-likeness (QED) is 0.458. The van der Waals surface area contributed by atoms with Gasteiger partial charge in [-0.3, -0.25) is 4.99 Å². The van der Waals surface area contributed by atoms with Crippen LogP contribution < -0.4 is 4.80 Å². The summed E-state index contributed by atoms with van der Waals surface area (Å²) < 4.78 is 1.86. The predicted molar refractivity (Wildman–Crippen MR) is 101 cm³/mol. The number of benzene rings is 1. The number of rotatable bonds is 5. The predicted octanol–water partition coefficient (Wildman–Crippen LogP) is 4.90. The Balaban J connectivity index is 2.07. The maximum atomic E-state index is 5.98. The summed E-state index contributed by atoms with van der Waals surface area (Å²) in [5, 5.41) is 11.5. The van der Waals surface area contributed by atoms with E-state index >= 15 is 0 Å². The highest BCUT2D eigenvalue weighted by Gasteiger charge is 2.07. The lowest BCUT2D eigenvalue weighted by Gasteiger charge is -2.03. The van der Waals surface area contributed by atoms with Gasteiger partial charge in [0.15, 0.2) is 0 Å². The van der Waals surface area contributed by atoms with E-state index in [1.54, 1.807) is 28.7 Å². The van der Waals surface area contributed by atoms with Gasteiger partial charge in [-0.15, -0.1) is 17.9 Å². The summed E-state index contributed by atoms with van der Waals surface area (Å²) in [4.78, 5) is 5.35. The van der Waals surface area contributed by atoms with Gasteiger partial charge in [0.2, 0.25) is 4.80 Å². The highest BCUT2D eigenvalue weighted by atomic mass is 35.5. The summed E-state index contributed by atoms with van der Waals surface area (Å²) in [6.45, 7) is 4.28. The number of thiazole rings is 1. The van der Waals surface area contributed by atoms with E-state index in [2.05, 4.69) is 27.4 Å². The van der Waals surface area contributed by atoms with E-state index in [1.807, 2.05) is 46.6 Å². The van der Waals surface area contributed by atoms with Crippen molar-refractivity contribution in [2.24, 2.45) is 10.1 Å². The molecule has 0 unspecified atom stereocenters. The monoisotopic (exact) mass is 359 g/mol. The lowest BCUT2D eigenvalue weighted by molar-refractivity contribution is 0.840. The molecule has 0 amide bonds. The minimum absolute atomic E-state index is 0.564. The molecule has 0 spiro atoms. The van der Waals surface area contributed by atoms with Gasteiger partial charge in [0.25, 0.3) is 0 Å². The molecular formula is C17H14ClN3S2. The standard InChI is InChI=1S/C17H14ClN3S2/c1-2-8-19-17-21(20-10-13-7-9-22-11-13)16(12-23-17)14-3-5-15(18)6-4-14/h2-7,9-12H,1,8H2. The first-order valence-electron chi connectivity index (χ1n) is 6.92. The van der Waals surface area contributed by atoms with Gasteiger partial charge in [-0.05, 0) is 29.0 Å². The average Bonchev–Trinajstić information content (AvgIpc) is 3.21. The van der Waals surface area contributed by atoms with Gasteiger partial charge >= 0.3 is 0 Å². The van der Waals surface area contributed by atoms with Crippen LogP contribution in [0.2, 0.25) is 5.02 Å². The molecule has 0 fully saturated rings. The zero-order valence-corrected chi connectivity index (χ0v) is 14.6. The van der Waals surface area contributed by atoms with E-state index in [-0.39, 0.29) is 0 Å².